The Labute approximate surface area is 173 Å². The molecule has 0 spiro atoms. The lowest BCUT2D eigenvalue weighted by Crippen LogP contribution is -2.33. The minimum Gasteiger partial charge on any atom is -0.461 e. The number of carbonyl (C=O) groups excluding carboxylic acids is 3. The van der Waals surface area contributed by atoms with Crippen molar-refractivity contribution >= 4 is 23.9 Å². The van der Waals surface area contributed by atoms with Crippen LogP contribution in [-0.2, 0) is 16.1 Å². The normalized spacial score (nSPS) is 13.1. The molecule has 0 saturated carbocycles. The number of nitrogens with zero attached hydrogens (tertiary/aromatic N) is 3. The van der Waals surface area contributed by atoms with E-state index in [1.165, 1.54) is 6.08 Å². The molecule has 0 radical (unpaired) electrons. The first-order chi connectivity index (χ1) is 14.6. The van der Waals surface area contributed by atoms with Crippen LogP contribution in [0.15, 0.2) is 73.1 Å². The van der Waals surface area contributed by atoms with Crippen LogP contribution in [0.4, 0.5) is 0 Å². The maximum atomic E-state index is 12.3. The molecule has 0 N–H and O–H groups in total. The summed E-state index contributed by atoms with van der Waals surface area (Å²) < 4.78 is 6.90. The molecule has 2 amide bonds. The Hall–Kier alpha value is -4.00. The summed E-state index contributed by atoms with van der Waals surface area (Å²) in [6.45, 7) is 0.586. The second-order valence-electron chi connectivity index (χ2n) is 6.77. The van der Waals surface area contributed by atoms with E-state index in [-0.39, 0.29) is 25.0 Å². The fourth-order valence-electron chi connectivity index (χ4n) is 3.21. The SMILES string of the molecule is O=C(/C=C/c1cnn(Cc2ccccc2)c1)OCCN1C(=O)c2ccccc2C1=O. The zero-order chi connectivity index (χ0) is 20.9. The predicted octanol–water partition coefficient (Wildman–Crippen LogP) is 2.78. The summed E-state index contributed by atoms with van der Waals surface area (Å²) in [5.74, 6) is -1.29. The van der Waals surface area contributed by atoms with Gasteiger partial charge in [-0.05, 0) is 23.8 Å². The molecule has 4 rings (SSSR count). The van der Waals surface area contributed by atoms with E-state index in [1.807, 2.05) is 36.5 Å². The molecule has 2 aromatic carbocycles. The van der Waals surface area contributed by atoms with Gasteiger partial charge in [0.25, 0.3) is 11.8 Å². The first kappa shape index (κ1) is 19.3. The van der Waals surface area contributed by atoms with E-state index in [4.69, 9.17) is 4.74 Å². The number of imide groups is 1. The smallest absolute Gasteiger partial charge is 0.330 e. The van der Waals surface area contributed by atoms with Gasteiger partial charge in [0.15, 0.2) is 0 Å². The van der Waals surface area contributed by atoms with Crippen molar-refractivity contribution in [3.8, 4) is 0 Å². The summed E-state index contributed by atoms with van der Waals surface area (Å²) in [5, 5.41) is 4.27. The van der Waals surface area contributed by atoms with Crippen LogP contribution in [0.1, 0.15) is 31.8 Å². The van der Waals surface area contributed by atoms with Crippen LogP contribution in [0.3, 0.4) is 0 Å². The topological polar surface area (TPSA) is 81.5 Å². The van der Waals surface area contributed by atoms with Crippen molar-refractivity contribution in [3.05, 3.63) is 95.3 Å². The zero-order valence-electron chi connectivity index (χ0n) is 16.1. The summed E-state index contributed by atoms with van der Waals surface area (Å²) in [7, 11) is 0. The van der Waals surface area contributed by atoms with Gasteiger partial charge in [0.05, 0.1) is 30.4 Å². The van der Waals surface area contributed by atoms with Gasteiger partial charge in [-0.1, -0.05) is 42.5 Å². The average Bonchev–Trinajstić information content (AvgIpc) is 3.31. The summed E-state index contributed by atoms with van der Waals surface area (Å²) >= 11 is 0. The highest BCUT2D eigenvalue weighted by atomic mass is 16.5. The molecule has 1 aliphatic rings. The summed E-state index contributed by atoms with van der Waals surface area (Å²) in [6, 6.07) is 16.6. The van der Waals surface area contributed by atoms with Crippen LogP contribution < -0.4 is 0 Å². The highest BCUT2D eigenvalue weighted by Crippen LogP contribution is 2.21. The minimum atomic E-state index is -0.553. The molecule has 7 nitrogen and oxygen atoms in total. The van der Waals surface area contributed by atoms with Crippen molar-refractivity contribution in [1.82, 2.24) is 14.7 Å². The minimum absolute atomic E-state index is 0.0148. The van der Waals surface area contributed by atoms with Gasteiger partial charge in [0, 0.05) is 17.8 Å². The van der Waals surface area contributed by atoms with Crippen LogP contribution in [0.2, 0.25) is 0 Å². The van der Waals surface area contributed by atoms with Gasteiger partial charge >= 0.3 is 5.97 Å². The number of aromatic nitrogens is 2. The quantitative estimate of drug-likeness (QED) is 0.345. The van der Waals surface area contributed by atoms with Crippen LogP contribution in [0, 0.1) is 0 Å². The van der Waals surface area contributed by atoms with Crippen LogP contribution in [0.5, 0.6) is 0 Å². The lowest BCUT2D eigenvalue weighted by molar-refractivity contribution is -0.137. The Morgan fingerprint density at radius 3 is 2.33 bits per heavy atom. The van der Waals surface area contributed by atoms with E-state index in [9.17, 15) is 14.4 Å². The number of ether oxygens (including phenoxy) is 1. The van der Waals surface area contributed by atoms with E-state index in [0.29, 0.717) is 17.7 Å². The Morgan fingerprint density at radius 1 is 0.967 bits per heavy atom. The zero-order valence-corrected chi connectivity index (χ0v) is 16.1. The lowest BCUT2D eigenvalue weighted by atomic mass is 10.1. The molecule has 150 valence electrons. The van der Waals surface area contributed by atoms with E-state index in [2.05, 4.69) is 5.10 Å². The second kappa shape index (κ2) is 8.57. The van der Waals surface area contributed by atoms with Gasteiger partial charge in [-0.25, -0.2) is 4.79 Å². The van der Waals surface area contributed by atoms with Crippen molar-refractivity contribution < 1.29 is 19.1 Å². The number of hydrogen-bond donors (Lipinski definition) is 0. The van der Waals surface area contributed by atoms with E-state index in [1.54, 1.807) is 41.2 Å². The number of esters is 1. The standard InChI is InChI=1S/C23H19N3O4/c27-21(11-10-18-14-24-25(16-18)15-17-6-2-1-3-7-17)30-13-12-26-22(28)19-8-4-5-9-20(19)23(26)29/h1-11,14,16H,12-13,15H2/b11-10+. The van der Waals surface area contributed by atoms with E-state index < -0.39 is 5.97 Å². The third kappa shape index (κ3) is 4.20. The Kier molecular flexibility index (Phi) is 5.52. The Morgan fingerprint density at radius 2 is 1.63 bits per heavy atom. The molecule has 30 heavy (non-hydrogen) atoms. The summed E-state index contributed by atoms with van der Waals surface area (Å²) in [4.78, 5) is 37.6. The second-order valence-corrected chi connectivity index (χ2v) is 6.77. The molecule has 0 saturated heterocycles. The highest BCUT2D eigenvalue weighted by Gasteiger charge is 2.34. The molecule has 0 bridgehead atoms. The number of fused-ring (bicyclic) bond motifs is 1. The van der Waals surface area contributed by atoms with E-state index >= 15 is 0 Å². The number of carbonyl (C=O) groups is 3. The van der Waals surface area contributed by atoms with E-state index in [0.717, 1.165) is 16.0 Å². The molecule has 3 aromatic rings. The first-order valence-corrected chi connectivity index (χ1v) is 9.48. The van der Waals surface area contributed by atoms with Crippen molar-refractivity contribution in [2.24, 2.45) is 0 Å². The first-order valence-electron chi connectivity index (χ1n) is 9.48. The molecule has 0 aliphatic carbocycles. The molecule has 1 aromatic heterocycles. The molecular weight excluding hydrogens is 382 g/mol. The highest BCUT2D eigenvalue weighted by molar-refractivity contribution is 6.21. The Balaban J connectivity index is 1.26. The summed E-state index contributed by atoms with van der Waals surface area (Å²) in [5.41, 5.74) is 2.65. The summed E-state index contributed by atoms with van der Waals surface area (Å²) in [6.07, 6.45) is 6.40. The van der Waals surface area contributed by atoms with Gasteiger partial charge in [0.2, 0.25) is 0 Å². The van der Waals surface area contributed by atoms with Gasteiger partial charge < -0.3 is 4.74 Å². The van der Waals surface area contributed by atoms with Gasteiger partial charge in [0.1, 0.15) is 6.61 Å². The van der Waals surface area contributed by atoms with Crippen LogP contribution in [0.25, 0.3) is 6.08 Å². The van der Waals surface area contributed by atoms with Gasteiger partial charge in [-0.3, -0.25) is 19.2 Å². The largest absolute Gasteiger partial charge is 0.461 e. The fraction of sp³-hybridized carbons (Fsp3) is 0.130. The molecule has 0 atom stereocenters. The Bertz CT molecular complexity index is 1080. The third-order valence-corrected chi connectivity index (χ3v) is 4.69. The van der Waals surface area contributed by atoms with Crippen LogP contribution >= 0.6 is 0 Å². The maximum Gasteiger partial charge on any atom is 0.330 e. The monoisotopic (exact) mass is 401 g/mol. The molecule has 7 heteroatoms. The van der Waals surface area contributed by atoms with Gasteiger partial charge in [-0.2, -0.15) is 5.10 Å². The third-order valence-electron chi connectivity index (χ3n) is 4.69. The molecular formula is C23H19N3O4. The van der Waals surface area contributed by atoms with Gasteiger partial charge in [-0.15, -0.1) is 0 Å². The van der Waals surface area contributed by atoms with Crippen molar-refractivity contribution in [3.63, 3.8) is 0 Å². The number of rotatable bonds is 7. The average molecular weight is 401 g/mol. The van der Waals surface area contributed by atoms with Crippen molar-refractivity contribution in [2.45, 2.75) is 6.54 Å². The fourth-order valence-corrected chi connectivity index (χ4v) is 3.21. The number of amides is 2. The lowest BCUT2D eigenvalue weighted by Gasteiger charge is -2.13. The van der Waals surface area contributed by atoms with Crippen LogP contribution in [-0.4, -0.2) is 45.6 Å². The molecule has 2 heterocycles. The molecule has 1 aliphatic heterocycles. The molecule has 0 fully saturated rings. The van der Waals surface area contributed by atoms with Crippen molar-refractivity contribution in [2.75, 3.05) is 13.2 Å². The van der Waals surface area contributed by atoms with Crippen molar-refractivity contribution in [1.29, 1.82) is 0 Å². The molecule has 0 unspecified atom stereocenters. The number of benzene rings is 2. The predicted molar refractivity (Wildman–Crippen MR) is 110 cm³/mol. The maximum absolute atomic E-state index is 12.3. The number of hydrogen-bond acceptors (Lipinski definition) is 5.